The standard InChI is InChI=1S/C26H34F2O6S/c1-22(2)33-20-11-14-15-10-17(27)16-9-13(29)5-7-23(16,3)25(15,28)19(30)12-24(14,4)26(20,34-22)35-18-6-8-32-21(18)31/h9,14-15,17-20,30H,5-8,10-12H2,1-4H3/t14-,15-,17-,18-,19-,20+,23-,24-,25-,26-/m0/s1. The molecular formula is C26H34F2O6S. The summed E-state index contributed by atoms with van der Waals surface area (Å²) in [7, 11) is 0. The van der Waals surface area contributed by atoms with Crippen LogP contribution in [0.1, 0.15) is 66.2 Å². The fourth-order valence-corrected chi connectivity index (χ4v) is 10.4. The fourth-order valence-electron chi connectivity index (χ4n) is 8.57. The molecule has 4 aliphatic carbocycles. The first-order valence-electron chi connectivity index (χ1n) is 12.8. The molecule has 6 aliphatic rings. The van der Waals surface area contributed by atoms with Crippen LogP contribution in [0.15, 0.2) is 11.6 Å². The molecule has 2 saturated heterocycles. The van der Waals surface area contributed by atoms with E-state index in [2.05, 4.69) is 0 Å². The molecule has 194 valence electrons. The van der Waals surface area contributed by atoms with Crippen molar-refractivity contribution in [3.8, 4) is 0 Å². The number of aliphatic hydroxyl groups is 1. The minimum Gasteiger partial charge on any atom is -0.465 e. The Balaban J connectivity index is 1.45. The number of allylic oxidation sites excluding steroid dienone is 1. The molecule has 6 nitrogen and oxygen atoms in total. The van der Waals surface area contributed by atoms with Crippen LogP contribution >= 0.6 is 11.8 Å². The van der Waals surface area contributed by atoms with Crippen LogP contribution in [0.3, 0.4) is 0 Å². The zero-order valence-electron chi connectivity index (χ0n) is 20.6. The van der Waals surface area contributed by atoms with Gasteiger partial charge in [0.1, 0.15) is 28.1 Å². The number of halogens is 2. The first-order valence-corrected chi connectivity index (χ1v) is 13.6. The summed E-state index contributed by atoms with van der Waals surface area (Å²) in [6.45, 7) is 7.67. The number of ketones is 1. The van der Waals surface area contributed by atoms with E-state index in [0.717, 1.165) is 0 Å². The molecule has 0 bridgehead atoms. The summed E-state index contributed by atoms with van der Waals surface area (Å²) in [5.74, 6) is -2.48. The fraction of sp³-hybridized carbons (Fsp3) is 0.846. The highest BCUT2D eigenvalue weighted by Gasteiger charge is 2.79. The molecule has 5 fully saturated rings. The van der Waals surface area contributed by atoms with Gasteiger partial charge in [-0.2, -0.15) is 0 Å². The maximum Gasteiger partial charge on any atom is 0.319 e. The maximum absolute atomic E-state index is 17.4. The lowest BCUT2D eigenvalue weighted by Crippen LogP contribution is -2.70. The Labute approximate surface area is 208 Å². The Kier molecular flexibility index (Phi) is 5.07. The van der Waals surface area contributed by atoms with Crippen molar-refractivity contribution in [3.63, 3.8) is 0 Å². The molecule has 35 heavy (non-hydrogen) atoms. The van der Waals surface area contributed by atoms with Crippen molar-refractivity contribution in [3.05, 3.63) is 11.6 Å². The summed E-state index contributed by atoms with van der Waals surface area (Å²) in [5, 5.41) is 11.2. The van der Waals surface area contributed by atoms with Crippen LogP contribution in [0.2, 0.25) is 0 Å². The third-order valence-electron chi connectivity index (χ3n) is 10.1. The van der Waals surface area contributed by atoms with Crippen LogP contribution in [0.25, 0.3) is 0 Å². The highest BCUT2D eigenvalue weighted by Crippen LogP contribution is 2.75. The van der Waals surface area contributed by atoms with Gasteiger partial charge in [0.15, 0.2) is 11.6 Å². The van der Waals surface area contributed by atoms with Crippen molar-refractivity contribution in [2.75, 3.05) is 6.61 Å². The average Bonchev–Trinajstić information content (AvgIpc) is 3.35. The Morgan fingerprint density at radius 2 is 1.89 bits per heavy atom. The van der Waals surface area contributed by atoms with E-state index in [9.17, 15) is 14.7 Å². The highest BCUT2D eigenvalue weighted by molar-refractivity contribution is 8.01. The summed E-state index contributed by atoms with van der Waals surface area (Å²) in [6, 6.07) is 0. The Morgan fingerprint density at radius 3 is 2.57 bits per heavy atom. The number of aliphatic hydroxyl groups excluding tert-OH is 1. The minimum atomic E-state index is -2.07. The molecule has 0 aromatic heterocycles. The number of carbonyl (C=O) groups excluding carboxylic acids is 2. The summed E-state index contributed by atoms with van der Waals surface area (Å²) < 4.78 is 51.3. The van der Waals surface area contributed by atoms with Crippen molar-refractivity contribution in [1.82, 2.24) is 0 Å². The van der Waals surface area contributed by atoms with E-state index in [0.29, 0.717) is 19.4 Å². The van der Waals surface area contributed by atoms with Crippen molar-refractivity contribution in [2.45, 2.75) is 106 Å². The van der Waals surface area contributed by atoms with Crippen molar-refractivity contribution in [2.24, 2.45) is 22.7 Å². The van der Waals surface area contributed by atoms with E-state index in [1.54, 1.807) is 6.92 Å². The third kappa shape index (κ3) is 2.93. The first kappa shape index (κ1) is 24.3. The van der Waals surface area contributed by atoms with E-state index >= 15 is 8.78 Å². The second-order valence-corrected chi connectivity index (χ2v) is 13.7. The SMILES string of the molecule is CC1(C)O[C@@H]2C[C@H]3[C@@H]4C[C@H](F)C5=CC(=O)CC[C@]5(C)[C@@]4(F)[C@@H](O)C[C@]3(C)[C@]2(S[C@H]2CCOC2=O)O1. The number of cyclic esters (lactones) is 1. The van der Waals surface area contributed by atoms with Gasteiger partial charge in [-0.05, 0) is 57.1 Å². The van der Waals surface area contributed by atoms with Crippen LogP contribution in [0, 0.1) is 22.7 Å². The van der Waals surface area contributed by atoms with Gasteiger partial charge in [-0.25, -0.2) is 8.78 Å². The molecule has 6 rings (SSSR count). The second kappa shape index (κ2) is 7.29. The zero-order valence-corrected chi connectivity index (χ0v) is 21.5. The van der Waals surface area contributed by atoms with Crippen LogP contribution in [0.4, 0.5) is 8.78 Å². The Bertz CT molecular complexity index is 1020. The minimum absolute atomic E-state index is 0.0924. The summed E-state index contributed by atoms with van der Waals surface area (Å²) in [6.07, 6.45) is -0.623. The molecule has 0 aromatic carbocycles. The maximum atomic E-state index is 17.4. The zero-order chi connectivity index (χ0) is 25.2. The number of ether oxygens (including phenoxy) is 3. The smallest absolute Gasteiger partial charge is 0.319 e. The van der Waals surface area contributed by atoms with E-state index in [1.165, 1.54) is 17.8 Å². The largest absolute Gasteiger partial charge is 0.465 e. The van der Waals surface area contributed by atoms with E-state index in [4.69, 9.17) is 14.2 Å². The highest BCUT2D eigenvalue weighted by atomic mass is 32.2. The normalized spacial score (nSPS) is 54.4. The van der Waals surface area contributed by atoms with Crippen molar-refractivity contribution >= 4 is 23.5 Å². The number of thioether (sulfide) groups is 1. The van der Waals surface area contributed by atoms with Crippen molar-refractivity contribution in [1.29, 1.82) is 0 Å². The number of alkyl halides is 2. The average molecular weight is 513 g/mol. The molecule has 10 atom stereocenters. The predicted octanol–water partition coefficient (Wildman–Crippen LogP) is 4.04. The molecule has 1 N–H and O–H groups in total. The van der Waals surface area contributed by atoms with Gasteiger partial charge in [0, 0.05) is 29.6 Å². The number of fused-ring (bicyclic) bond motifs is 7. The van der Waals surface area contributed by atoms with Gasteiger partial charge in [0.2, 0.25) is 0 Å². The Morgan fingerprint density at radius 1 is 1.14 bits per heavy atom. The Hall–Kier alpha value is -1.03. The topological polar surface area (TPSA) is 82.1 Å². The molecule has 0 aromatic rings. The monoisotopic (exact) mass is 512 g/mol. The molecule has 0 radical (unpaired) electrons. The van der Waals surface area contributed by atoms with E-state index < -0.39 is 56.8 Å². The molecule has 3 saturated carbocycles. The van der Waals surface area contributed by atoms with Gasteiger partial charge < -0.3 is 19.3 Å². The van der Waals surface area contributed by atoms with Crippen LogP contribution in [-0.2, 0) is 23.8 Å². The molecule has 0 unspecified atom stereocenters. The summed E-state index contributed by atoms with van der Waals surface area (Å²) in [5.41, 5.74) is -3.89. The van der Waals surface area contributed by atoms with Gasteiger partial charge >= 0.3 is 5.97 Å². The van der Waals surface area contributed by atoms with Gasteiger partial charge in [-0.1, -0.05) is 13.8 Å². The van der Waals surface area contributed by atoms with E-state index in [-0.39, 0.29) is 48.9 Å². The van der Waals surface area contributed by atoms with E-state index in [1.807, 2.05) is 20.8 Å². The molecular weight excluding hydrogens is 478 g/mol. The lowest BCUT2D eigenvalue weighted by molar-refractivity contribution is -0.243. The number of carbonyl (C=O) groups is 2. The first-order chi connectivity index (χ1) is 16.3. The lowest BCUT2D eigenvalue weighted by Gasteiger charge is -2.64. The lowest BCUT2D eigenvalue weighted by atomic mass is 9.44. The number of esters is 1. The van der Waals surface area contributed by atoms with Gasteiger partial charge in [-0.3, -0.25) is 9.59 Å². The molecule has 0 amide bonds. The van der Waals surface area contributed by atoms with Crippen molar-refractivity contribution < 1.29 is 37.7 Å². The molecule has 2 heterocycles. The quantitative estimate of drug-likeness (QED) is 0.560. The molecule has 0 spiro atoms. The van der Waals surface area contributed by atoms with Gasteiger partial charge in [0.05, 0.1) is 12.7 Å². The summed E-state index contributed by atoms with van der Waals surface area (Å²) in [4.78, 5) is 23.6. The second-order valence-electron chi connectivity index (χ2n) is 12.3. The summed E-state index contributed by atoms with van der Waals surface area (Å²) >= 11 is 1.39. The molecule has 2 aliphatic heterocycles. The van der Waals surface area contributed by atoms with Gasteiger partial charge in [-0.15, -0.1) is 11.8 Å². The van der Waals surface area contributed by atoms with Crippen LogP contribution in [0.5, 0.6) is 0 Å². The third-order valence-corrected chi connectivity index (χ3v) is 12.0. The molecule has 9 heteroatoms. The number of hydrogen-bond acceptors (Lipinski definition) is 7. The van der Waals surface area contributed by atoms with Crippen LogP contribution in [-0.4, -0.2) is 63.5 Å². The van der Waals surface area contributed by atoms with Gasteiger partial charge in [0.25, 0.3) is 0 Å². The number of rotatable bonds is 2. The van der Waals surface area contributed by atoms with Crippen LogP contribution < -0.4 is 0 Å². The number of hydrogen-bond donors (Lipinski definition) is 1. The predicted molar refractivity (Wildman–Crippen MR) is 124 cm³/mol.